The van der Waals surface area contributed by atoms with E-state index in [1.54, 1.807) is 0 Å². The molecule has 3 aromatic rings. The third-order valence-corrected chi connectivity index (χ3v) is 3.53. The highest BCUT2D eigenvalue weighted by molar-refractivity contribution is 5.31. The Hall–Kier alpha value is -2.34. The van der Waals surface area contributed by atoms with Crippen molar-refractivity contribution < 1.29 is 0 Å². The summed E-state index contributed by atoms with van der Waals surface area (Å²) < 4.78 is 0. The van der Waals surface area contributed by atoms with Gasteiger partial charge in [0.05, 0.1) is 0 Å². The minimum Gasteiger partial charge on any atom is -0.0683 e. The van der Waals surface area contributed by atoms with Gasteiger partial charge in [-0.05, 0) is 35.1 Å². The fourth-order valence-electron chi connectivity index (χ4n) is 2.44. The van der Waals surface area contributed by atoms with Gasteiger partial charge >= 0.3 is 0 Å². The molecule has 0 unspecified atom stereocenters. The van der Waals surface area contributed by atoms with Gasteiger partial charge in [0.25, 0.3) is 0 Å². The standard InChI is InChI=1S/C20H18.4C2H6/c1-3-7-17(8-4-1)15-19-11-13-20(14-12-19)16-18-9-5-2-6-10-18;4*1-2/h1-14H,15-16H2;4*1-2H3. The monoisotopic (exact) mass is 378 g/mol. The molecule has 154 valence electrons. The molecule has 0 N–H and O–H groups in total. The van der Waals surface area contributed by atoms with Gasteiger partial charge in [-0.25, -0.2) is 0 Å². The molecule has 28 heavy (non-hydrogen) atoms. The molecule has 0 aromatic heterocycles. The first-order chi connectivity index (χ1) is 13.9. The molecule has 3 rings (SSSR count). The average molecular weight is 379 g/mol. The zero-order valence-corrected chi connectivity index (χ0v) is 19.5. The van der Waals surface area contributed by atoms with Gasteiger partial charge in [-0.3, -0.25) is 0 Å². The lowest BCUT2D eigenvalue weighted by Crippen LogP contribution is -1.91. The first kappa shape index (κ1) is 27.9. The summed E-state index contributed by atoms with van der Waals surface area (Å²) in [5.41, 5.74) is 5.47. The van der Waals surface area contributed by atoms with Crippen LogP contribution in [-0.2, 0) is 12.8 Å². The Bertz CT molecular complexity index is 576. The first-order valence-corrected chi connectivity index (χ1v) is 11.1. The van der Waals surface area contributed by atoms with Crippen molar-refractivity contribution in [1.29, 1.82) is 0 Å². The number of rotatable bonds is 4. The van der Waals surface area contributed by atoms with Crippen molar-refractivity contribution in [2.45, 2.75) is 68.2 Å². The summed E-state index contributed by atoms with van der Waals surface area (Å²) in [4.78, 5) is 0. The van der Waals surface area contributed by atoms with E-state index in [-0.39, 0.29) is 0 Å². The molecule has 0 aliphatic carbocycles. The van der Waals surface area contributed by atoms with E-state index in [1.807, 2.05) is 55.4 Å². The molecule has 0 heteroatoms. The zero-order valence-electron chi connectivity index (χ0n) is 19.5. The molecule has 0 saturated carbocycles. The number of benzene rings is 3. The van der Waals surface area contributed by atoms with Gasteiger partial charge in [0.2, 0.25) is 0 Å². The maximum Gasteiger partial charge on any atom is -0.00258 e. The van der Waals surface area contributed by atoms with Gasteiger partial charge in [-0.15, -0.1) is 0 Å². The Morgan fingerprint density at radius 1 is 0.321 bits per heavy atom. The van der Waals surface area contributed by atoms with Crippen LogP contribution in [0.15, 0.2) is 84.9 Å². The van der Waals surface area contributed by atoms with Gasteiger partial charge < -0.3 is 0 Å². The zero-order chi connectivity index (χ0) is 21.6. The van der Waals surface area contributed by atoms with Crippen LogP contribution in [-0.4, -0.2) is 0 Å². The van der Waals surface area contributed by atoms with Crippen molar-refractivity contribution >= 4 is 0 Å². The lowest BCUT2D eigenvalue weighted by Gasteiger charge is -2.05. The minimum atomic E-state index is 1.01. The summed E-state index contributed by atoms with van der Waals surface area (Å²) in [6.07, 6.45) is 2.01. The van der Waals surface area contributed by atoms with Crippen LogP contribution in [0.4, 0.5) is 0 Å². The van der Waals surface area contributed by atoms with E-state index >= 15 is 0 Å². The average Bonchev–Trinajstić information content (AvgIpc) is 2.82. The maximum absolute atomic E-state index is 2.24. The van der Waals surface area contributed by atoms with Gasteiger partial charge in [-0.2, -0.15) is 0 Å². The van der Waals surface area contributed by atoms with Crippen LogP contribution < -0.4 is 0 Å². The fourth-order valence-corrected chi connectivity index (χ4v) is 2.44. The Morgan fingerprint density at radius 3 is 0.786 bits per heavy atom. The molecular weight excluding hydrogens is 336 g/mol. The van der Waals surface area contributed by atoms with E-state index in [0.717, 1.165) is 12.8 Å². The van der Waals surface area contributed by atoms with E-state index in [0.29, 0.717) is 0 Å². The highest BCUT2D eigenvalue weighted by atomic mass is 14.0. The van der Waals surface area contributed by atoms with Crippen molar-refractivity contribution in [2.75, 3.05) is 0 Å². The third kappa shape index (κ3) is 12.1. The molecule has 0 atom stereocenters. The smallest absolute Gasteiger partial charge is 0.00258 e. The predicted octanol–water partition coefficient (Wildman–Crippen LogP) is 8.97. The molecule has 0 aliphatic rings. The fraction of sp³-hybridized carbons (Fsp3) is 0.357. The SMILES string of the molecule is CC.CC.CC.CC.c1ccc(Cc2ccc(Cc3ccccc3)cc2)cc1. The van der Waals surface area contributed by atoms with Crippen LogP contribution in [0.5, 0.6) is 0 Å². The maximum atomic E-state index is 2.24. The summed E-state index contributed by atoms with van der Waals surface area (Å²) in [7, 11) is 0. The summed E-state index contributed by atoms with van der Waals surface area (Å²) in [5.74, 6) is 0. The molecule has 0 heterocycles. The van der Waals surface area contributed by atoms with E-state index in [1.165, 1.54) is 22.3 Å². The first-order valence-electron chi connectivity index (χ1n) is 11.1. The molecular formula is C28H42. The summed E-state index contributed by atoms with van der Waals surface area (Å²) in [6.45, 7) is 16.0. The van der Waals surface area contributed by atoms with E-state index in [9.17, 15) is 0 Å². The molecule has 0 nitrogen and oxygen atoms in total. The van der Waals surface area contributed by atoms with Crippen LogP contribution in [0.3, 0.4) is 0 Å². The van der Waals surface area contributed by atoms with E-state index in [2.05, 4.69) is 84.9 Å². The largest absolute Gasteiger partial charge is 0.0683 e. The van der Waals surface area contributed by atoms with Crippen molar-refractivity contribution in [3.63, 3.8) is 0 Å². The van der Waals surface area contributed by atoms with Crippen LogP contribution in [0, 0.1) is 0 Å². The lowest BCUT2D eigenvalue weighted by atomic mass is 10.0. The van der Waals surface area contributed by atoms with Gasteiger partial charge in [0.15, 0.2) is 0 Å². The summed E-state index contributed by atoms with van der Waals surface area (Å²) in [6, 6.07) is 30.2. The Balaban J connectivity index is 0. The molecule has 0 aliphatic heterocycles. The van der Waals surface area contributed by atoms with Crippen molar-refractivity contribution in [3.8, 4) is 0 Å². The highest BCUT2D eigenvalue weighted by Gasteiger charge is 1.98. The minimum absolute atomic E-state index is 1.01. The second-order valence-corrected chi connectivity index (χ2v) is 5.14. The summed E-state index contributed by atoms with van der Waals surface area (Å²) in [5, 5.41) is 0. The van der Waals surface area contributed by atoms with Gasteiger partial charge in [0.1, 0.15) is 0 Å². The predicted molar refractivity (Wildman–Crippen MR) is 130 cm³/mol. The number of hydrogen-bond donors (Lipinski definition) is 0. The van der Waals surface area contributed by atoms with Gasteiger partial charge in [0, 0.05) is 0 Å². The number of hydrogen-bond acceptors (Lipinski definition) is 0. The van der Waals surface area contributed by atoms with Crippen molar-refractivity contribution in [2.24, 2.45) is 0 Å². The Morgan fingerprint density at radius 2 is 0.536 bits per heavy atom. The molecule has 0 saturated heterocycles. The second kappa shape index (κ2) is 21.0. The van der Waals surface area contributed by atoms with Crippen LogP contribution in [0.25, 0.3) is 0 Å². The van der Waals surface area contributed by atoms with E-state index in [4.69, 9.17) is 0 Å². The Kier molecular flexibility index (Phi) is 20.9. The van der Waals surface area contributed by atoms with E-state index < -0.39 is 0 Å². The van der Waals surface area contributed by atoms with Crippen LogP contribution in [0.2, 0.25) is 0 Å². The van der Waals surface area contributed by atoms with Crippen LogP contribution in [0.1, 0.15) is 77.6 Å². The third-order valence-electron chi connectivity index (χ3n) is 3.53. The van der Waals surface area contributed by atoms with Crippen molar-refractivity contribution in [1.82, 2.24) is 0 Å². The molecule has 0 radical (unpaired) electrons. The van der Waals surface area contributed by atoms with Crippen molar-refractivity contribution in [3.05, 3.63) is 107 Å². The highest BCUT2D eigenvalue weighted by Crippen LogP contribution is 2.13. The molecule has 0 bridgehead atoms. The topological polar surface area (TPSA) is 0 Å². The molecule has 0 amide bonds. The second-order valence-electron chi connectivity index (χ2n) is 5.14. The van der Waals surface area contributed by atoms with Gasteiger partial charge in [-0.1, -0.05) is 140 Å². The molecule has 0 fully saturated rings. The van der Waals surface area contributed by atoms with Crippen LogP contribution >= 0.6 is 0 Å². The molecule has 0 spiro atoms. The Labute approximate surface area is 175 Å². The summed E-state index contributed by atoms with van der Waals surface area (Å²) >= 11 is 0. The normalized spacial score (nSPS) is 8.29. The quantitative estimate of drug-likeness (QED) is 0.425. The molecule has 3 aromatic carbocycles. The lowest BCUT2D eigenvalue weighted by molar-refractivity contribution is 1.15.